The minimum Gasteiger partial charge on any atom is -0.394 e. The molecule has 0 amide bonds. The summed E-state index contributed by atoms with van der Waals surface area (Å²) in [6.45, 7) is -0.771. The number of H-pyrrole nitrogens is 2. The topological polar surface area (TPSA) is 190 Å². The lowest BCUT2D eigenvalue weighted by Crippen LogP contribution is -2.49. The lowest BCUT2D eigenvalue weighted by Gasteiger charge is -2.30. The molecule has 1 aliphatic heterocycles. The van der Waals surface area contributed by atoms with E-state index in [1.807, 2.05) is 4.98 Å². The Morgan fingerprint density at radius 3 is 2.41 bits per heavy atom. The molecule has 1 aromatic rings. The molecule has 22 heavy (non-hydrogen) atoms. The minimum atomic E-state index is -4.75. The summed E-state index contributed by atoms with van der Waals surface area (Å²) >= 11 is 0. The van der Waals surface area contributed by atoms with Gasteiger partial charge < -0.3 is 25.0 Å². The quantitative estimate of drug-likeness (QED) is 0.299. The summed E-state index contributed by atoms with van der Waals surface area (Å²) in [7, 11) is -4.75. The van der Waals surface area contributed by atoms with Gasteiger partial charge in [-0.2, -0.15) is 8.42 Å². The number of hydrogen-bond acceptors (Lipinski definition) is 8. The van der Waals surface area contributed by atoms with Crippen LogP contribution in [-0.4, -0.2) is 68.9 Å². The maximum Gasteiger partial charge on any atom is 0.325 e. The van der Waals surface area contributed by atoms with Crippen molar-refractivity contribution in [2.45, 2.75) is 23.9 Å². The summed E-state index contributed by atoms with van der Waals surface area (Å²) in [6, 6.07) is 0. The van der Waals surface area contributed by atoms with Crippen LogP contribution in [0.2, 0.25) is 0 Å². The van der Waals surface area contributed by atoms with Crippen LogP contribution >= 0.6 is 0 Å². The highest BCUT2D eigenvalue weighted by atomic mass is 32.2. The van der Waals surface area contributed by atoms with Crippen molar-refractivity contribution in [1.29, 1.82) is 0 Å². The van der Waals surface area contributed by atoms with E-state index in [1.165, 1.54) is 0 Å². The molecule has 0 aromatic carbocycles. The molecule has 6 N–H and O–H groups in total. The van der Waals surface area contributed by atoms with E-state index in [0.717, 1.165) is 6.20 Å². The predicted octanol–water partition coefficient (Wildman–Crippen LogP) is -3.74. The Morgan fingerprint density at radius 1 is 1.32 bits per heavy atom. The van der Waals surface area contributed by atoms with E-state index < -0.39 is 63.2 Å². The first-order valence-corrected chi connectivity index (χ1v) is 7.64. The molecule has 0 aliphatic carbocycles. The molecule has 2 heterocycles. The van der Waals surface area contributed by atoms with Crippen LogP contribution in [0.4, 0.5) is 0 Å². The van der Waals surface area contributed by atoms with Crippen molar-refractivity contribution in [3.05, 3.63) is 32.6 Å². The highest BCUT2D eigenvalue weighted by Gasteiger charge is 2.58. The van der Waals surface area contributed by atoms with Gasteiger partial charge in [0.05, 0.1) is 12.2 Å². The Bertz CT molecular complexity index is 769. The normalized spacial score (nSPS) is 32.3. The van der Waals surface area contributed by atoms with E-state index in [9.17, 15) is 28.2 Å². The van der Waals surface area contributed by atoms with Gasteiger partial charge in [-0.1, -0.05) is 0 Å². The first-order chi connectivity index (χ1) is 10.1. The molecule has 0 radical (unpaired) electrons. The second-order valence-corrected chi connectivity index (χ2v) is 6.33. The van der Waals surface area contributed by atoms with E-state index >= 15 is 0 Å². The van der Waals surface area contributed by atoms with Gasteiger partial charge in [0.2, 0.25) is 0 Å². The van der Waals surface area contributed by atoms with Gasteiger partial charge in [-0.05, 0) is 0 Å². The van der Waals surface area contributed by atoms with Crippen LogP contribution in [-0.2, 0) is 20.5 Å². The molecule has 1 saturated heterocycles. The SMILES string of the molecule is O=c1[nH]cc([C@]2(CS(=O)(=O)O)O[C@H](CO)[C@@H](O)[C@H]2O)c(=O)[nH]1. The first-order valence-electron chi connectivity index (χ1n) is 6.03. The van der Waals surface area contributed by atoms with Gasteiger partial charge in [-0.25, -0.2) is 4.79 Å². The number of aliphatic hydroxyl groups excluding tert-OH is 3. The van der Waals surface area contributed by atoms with Gasteiger partial charge in [0, 0.05) is 6.20 Å². The molecule has 4 atom stereocenters. The molecule has 0 saturated carbocycles. The number of rotatable bonds is 4. The van der Waals surface area contributed by atoms with E-state index in [0.29, 0.717) is 0 Å². The molecule has 11 nitrogen and oxygen atoms in total. The smallest absolute Gasteiger partial charge is 0.325 e. The number of ether oxygens (including phenoxy) is 1. The molecule has 124 valence electrons. The van der Waals surface area contributed by atoms with Gasteiger partial charge >= 0.3 is 5.69 Å². The summed E-state index contributed by atoms with van der Waals surface area (Å²) in [4.78, 5) is 26.8. The van der Waals surface area contributed by atoms with Gasteiger partial charge in [-0.3, -0.25) is 14.3 Å². The lowest BCUT2D eigenvalue weighted by molar-refractivity contribution is -0.0849. The van der Waals surface area contributed by atoms with Crippen LogP contribution in [0.3, 0.4) is 0 Å². The summed E-state index contributed by atoms with van der Waals surface area (Å²) < 4.78 is 36.7. The predicted molar refractivity (Wildman–Crippen MR) is 69.7 cm³/mol. The molecular formula is C10H14N2O9S. The van der Waals surface area contributed by atoms with Crippen molar-refractivity contribution in [2.24, 2.45) is 0 Å². The van der Waals surface area contributed by atoms with Crippen molar-refractivity contribution in [3.63, 3.8) is 0 Å². The van der Waals surface area contributed by atoms with Gasteiger partial charge in [-0.15, -0.1) is 0 Å². The third kappa shape index (κ3) is 2.84. The Kier molecular flexibility index (Phi) is 4.25. The van der Waals surface area contributed by atoms with Crippen LogP contribution < -0.4 is 11.2 Å². The second-order valence-electron chi connectivity index (χ2n) is 4.88. The molecule has 0 unspecified atom stereocenters. The molecule has 1 aliphatic rings. The molecule has 1 fully saturated rings. The van der Waals surface area contributed by atoms with E-state index in [-0.39, 0.29) is 0 Å². The zero-order valence-corrected chi connectivity index (χ0v) is 11.8. The Balaban J connectivity index is 2.67. The molecule has 0 spiro atoms. The fourth-order valence-electron chi connectivity index (χ4n) is 2.45. The monoisotopic (exact) mass is 338 g/mol. The maximum absolute atomic E-state index is 11.9. The fourth-order valence-corrected chi connectivity index (χ4v) is 3.39. The standard InChI is InChI=1S/C10H14N2O9S/c13-2-5-6(14)7(15)10(21-5,3-22(18,19)20)4-1-11-9(17)12-8(4)16/h1,5-7,13-15H,2-3H2,(H,18,19,20)(H2,11,12,16,17)/t5-,6-,7-,10+/m1/s1. The summed E-state index contributed by atoms with van der Waals surface area (Å²) in [5.74, 6) is -1.26. The third-order valence-electron chi connectivity index (χ3n) is 3.40. The fraction of sp³-hybridized carbons (Fsp3) is 0.600. The van der Waals surface area contributed by atoms with Crippen molar-refractivity contribution >= 4 is 10.1 Å². The number of aromatic amines is 2. The Morgan fingerprint density at radius 2 is 1.95 bits per heavy atom. The molecule has 2 rings (SSSR count). The zero-order valence-electron chi connectivity index (χ0n) is 11.0. The van der Waals surface area contributed by atoms with Crippen molar-refractivity contribution in [2.75, 3.05) is 12.4 Å². The average molecular weight is 338 g/mol. The van der Waals surface area contributed by atoms with Crippen molar-refractivity contribution < 1.29 is 33.0 Å². The van der Waals surface area contributed by atoms with Crippen LogP contribution in [0.15, 0.2) is 15.8 Å². The summed E-state index contributed by atoms with van der Waals surface area (Å²) in [6.07, 6.45) is -4.23. The third-order valence-corrected chi connectivity index (χ3v) is 4.19. The average Bonchev–Trinajstić information content (AvgIpc) is 2.62. The Hall–Kier alpha value is -1.57. The molecule has 1 aromatic heterocycles. The molecular weight excluding hydrogens is 324 g/mol. The van der Waals surface area contributed by atoms with Crippen molar-refractivity contribution in [1.82, 2.24) is 9.97 Å². The van der Waals surface area contributed by atoms with Crippen LogP contribution in [0.5, 0.6) is 0 Å². The minimum absolute atomic E-state index is 0.521. The van der Waals surface area contributed by atoms with Gasteiger partial charge in [0.1, 0.15) is 29.7 Å². The Labute approximate surface area is 123 Å². The maximum atomic E-state index is 11.9. The first kappa shape index (κ1) is 16.8. The van der Waals surface area contributed by atoms with E-state index in [4.69, 9.17) is 14.4 Å². The van der Waals surface area contributed by atoms with Gasteiger partial charge in [0.15, 0.2) is 0 Å². The molecule has 0 bridgehead atoms. The number of nitrogens with one attached hydrogen (secondary N) is 2. The number of aromatic nitrogens is 2. The molecule has 12 heteroatoms. The van der Waals surface area contributed by atoms with E-state index in [1.54, 1.807) is 0 Å². The van der Waals surface area contributed by atoms with Crippen LogP contribution in [0, 0.1) is 0 Å². The lowest BCUT2D eigenvalue weighted by atomic mass is 9.90. The summed E-state index contributed by atoms with van der Waals surface area (Å²) in [5, 5.41) is 29.0. The van der Waals surface area contributed by atoms with Crippen LogP contribution in [0.25, 0.3) is 0 Å². The second kappa shape index (κ2) is 5.57. The van der Waals surface area contributed by atoms with Crippen molar-refractivity contribution in [3.8, 4) is 0 Å². The van der Waals surface area contributed by atoms with E-state index in [2.05, 4.69) is 4.98 Å². The number of hydrogen-bond donors (Lipinski definition) is 6. The highest BCUT2D eigenvalue weighted by molar-refractivity contribution is 7.85. The summed E-state index contributed by atoms with van der Waals surface area (Å²) in [5.41, 5.74) is -4.83. The highest BCUT2D eigenvalue weighted by Crippen LogP contribution is 2.39. The number of aliphatic hydroxyl groups is 3. The zero-order chi connectivity index (χ0) is 16.7. The van der Waals surface area contributed by atoms with Crippen LogP contribution in [0.1, 0.15) is 5.56 Å². The largest absolute Gasteiger partial charge is 0.394 e. The van der Waals surface area contributed by atoms with Gasteiger partial charge in [0.25, 0.3) is 15.7 Å².